The molecule has 4 nitrogen and oxygen atoms in total. The molecule has 2 aromatic rings. The lowest BCUT2D eigenvalue weighted by Gasteiger charge is -2.06. The molecule has 4 heteroatoms. The molecule has 0 radical (unpaired) electrons. The molecular weight excluding hydrogens is 212 g/mol. The van der Waals surface area contributed by atoms with Gasteiger partial charge in [0.1, 0.15) is 5.82 Å². The molecule has 2 rings (SSSR count). The van der Waals surface area contributed by atoms with Gasteiger partial charge in [0.2, 0.25) is 0 Å². The monoisotopic (exact) mass is 228 g/mol. The van der Waals surface area contributed by atoms with Crippen LogP contribution in [0.3, 0.4) is 0 Å². The third-order valence-corrected chi connectivity index (χ3v) is 2.52. The number of hydrazine groups is 1. The number of anilines is 2. The highest BCUT2D eigenvalue weighted by Crippen LogP contribution is 2.10. The van der Waals surface area contributed by atoms with E-state index in [2.05, 4.69) is 46.9 Å². The topological polar surface area (TPSA) is 63.0 Å². The first-order valence-corrected chi connectivity index (χ1v) is 5.50. The zero-order valence-electron chi connectivity index (χ0n) is 9.77. The Morgan fingerprint density at radius 3 is 2.47 bits per heavy atom. The maximum atomic E-state index is 5.27. The van der Waals surface area contributed by atoms with E-state index in [1.54, 1.807) is 6.20 Å². The largest absolute Gasteiger partial charge is 0.366 e. The van der Waals surface area contributed by atoms with Gasteiger partial charge in [-0.2, -0.15) is 0 Å². The fourth-order valence-electron chi connectivity index (χ4n) is 1.48. The van der Waals surface area contributed by atoms with Crippen LogP contribution in [0.15, 0.2) is 42.6 Å². The van der Waals surface area contributed by atoms with E-state index >= 15 is 0 Å². The summed E-state index contributed by atoms with van der Waals surface area (Å²) in [6.07, 6.45) is 1.69. The first-order chi connectivity index (χ1) is 8.28. The number of pyridine rings is 1. The number of nitrogens with one attached hydrogen (secondary N) is 2. The molecule has 0 bridgehead atoms. The van der Waals surface area contributed by atoms with E-state index in [4.69, 9.17) is 5.84 Å². The summed E-state index contributed by atoms with van der Waals surface area (Å²) in [6, 6.07) is 12.2. The van der Waals surface area contributed by atoms with Crippen LogP contribution in [0.25, 0.3) is 0 Å². The minimum atomic E-state index is 0.767. The molecule has 88 valence electrons. The highest BCUT2D eigenvalue weighted by Gasteiger charge is 1.95. The Kier molecular flexibility index (Phi) is 3.57. The van der Waals surface area contributed by atoms with Crippen LogP contribution in [0.4, 0.5) is 11.5 Å². The fourth-order valence-corrected chi connectivity index (χ4v) is 1.48. The van der Waals surface area contributed by atoms with E-state index in [0.29, 0.717) is 0 Å². The lowest BCUT2D eigenvalue weighted by atomic mass is 10.1. The number of nitrogen functional groups attached to an aromatic ring is 1. The van der Waals surface area contributed by atoms with Crippen molar-refractivity contribution in [3.05, 3.63) is 53.7 Å². The van der Waals surface area contributed by atoms with Crippen molar-refractivity contribution in [1.82, 2.24) is 4.98 Å². The summed E-state index contributed by atoms with van der Waals surface area (Å²) in [4.78, 5) is 4.23. The second-order valence-corrected chi connectivity index (χ2v) is 3.92. The zero-order valence-corrected chi connectivity index (χ0v) is 9.77. The van der Waals surface area contributed by atoms with Gasteiger partial charge >= 0.3 is 0 Å². The Morgan fingerprint density at radius 2 is 1.88 bits per heavy atom. The third kappa shape index (κ3) is 3.19. The van der Waals surface area contributed by atoms with Crippen LogP contribution in [-0.4, -0.2) is 4.98 Å². The van der Waals surface area contributed by atoms with Gasteiger partial charge in [-0.3, -0.25) is 5.84 Å². The molecule has 0 spiro atoms. The first-order valence-electron chi connectivity index (χ1n) is 5.50. The molecule has 0 saturated carbocycles. The van der Waals surface area contributed by atoms with Crippen molar-refractivity contribution in [2.45, 2.75) is 13.5 Å². The van der Waals surface area contributed by atoms with Crippen LogP contribution in [0.1, 0.15) is 11.1 Å². The van der Waals surface area contributed by atoms with E-state index in [1.807, 2.05) is 12.1 Å². The quantitative estimate of drug-likeness (QED) is 0.555. The average molecular weight is 228 g/mol. The van der Waals surface area contributed by atoms with E-state index < -0.39 is 0 Å². The van der Waals surface area contributed by atoms with Crippen molar-refractivity contribution in [2.24, 2.45) is 5.84 Å². The van der Waals surface area contributed by atoms with Gasteiger partial charge in [0, 0.05) is 6.54 Å². The van der Waals surface area contributed by atoms with Gasteiger partial charge in [0.15, 0.2) is 0 Å². The van der Waals surface area contributed by atoms with Gasteiger partial charge in [-0.05, 0) is 24.6 Å². The predicted octanol–water partition coefficient (Wildman–Crippen LogP) is 2.29. The van der Waals surface area contributed by atoms with Crippen molar-refractivity contribution in [2.75, 3.05) is 10.7 Å². The standard InChI is InChI=1S/C13H16N4/c1-10-2-4-11(5-3-10)8-15-13-7-6-12(17-14)9-16-13/h2-7,9,17H,8,14H2,1H3,(H,15,16). The number of nitrogens with zero attached hydrogens (tertiary/aromatic N) is 1. The van der Waals surface area contributed by atoms with Crippen molar-refractivity contribution in [1.29, 1.82) is 0 Å². The summed E-state index contributed by atoms with van der Waals surface area (Å²) in [5.74, 6) is 6.11. The Hall–Kier alpha value is -2.07. The molecule has 1 aromatic carbocycles. The SMILES string of the molecule is Cc1ccc(CNc2ccc(NN)cn2)cc1. The normalized spacial score (nSPS) is 10.0. The molecule has 0 aliphatic carbocycles. The second kappa shape index (κ2) is 5.32. The summed E-state index contributed by atoms with van der Waals surface area (Å²) in [6.45, 7) is 2.85. The molecule has 0 atom stereocenters. The number of aromatic nitrogens is 1. The molecular formula is C13H16N4. The van der Waals surface area contributed by atoms with E-state index in [-0.39, 0.29) is 0 Å². The molecule has 1 heterocycles. The van der Waals surface area contributed by atoms with Crippen LogP contribution >= 0.6 is 0 Å². The van der Waals surface area contributed by atoms with Gasteiger partial charge in [-0.1, -0.05) is 29.8 Å². The molecule has 0 aliphatic rings. The Labute approximate surface area is 101 Å². The second-order valence-electron chi connectivity index (χ2n) is 3.92. The molecule has 0 amide bonds. The van der Waals surface area contributed by atoms with Crippen molar-refractivity contribution < 1.29 is 0 Å². The summed E-state index contributed by atoms with van der Waals surface area (Å²) in [5.41, 5.74) is 5.84. The number of rotatable bonds is 4. The van der Waals surface area contributed by atoms with Gasteiger partial charge in [0.25, 0.3) is 0 Å². The van der Waals surface area contributed by atoms with Gasteiger partial charge in [-0.15, -0.1) is 0 Å². The van der Waals surface area contributed by atoms with Crippen LogP contribution in [-0.2, 0) is 6.54 Å². The van der Waals surface area contributed by atoms with E-state index in [9.17, 15) is 0 Å². The lowest BCUT2D eigenvalue weighted by Crippen LogP contribution is -2.07. The van der Waals surface area contributed by atoms with Crippen LogP contribution in [0.2, 0.25) is 0 Å². The van der Waals surface area contributed by atoms with Crippen LogP contribution < -0.4 is 16.6 Å². The number of benzene rings is 1. The average Bonchev–Trinajstić information content (AvgIpc) is 2.39. The Bertz CT molecular complexity index is 462. The summed E-state index contributed by atoms with van der Waals surface area (Å²) < 4.78 is 0. The highest BCUT2D eigenvalue weighted by atomic mass is 15.2. The molecule has 0 unspecified atom stereocenters. The summed E-state index contributed by atoms with van der Waals surface area (Å²) in [5, 5.41) is 3.25. The first kappa shape index (κ1) is 11.4. The third-order valence-electron chi connectivity index (χ3n) is 2.52. The van der Waals surface area contributed by atoms with Crippen molar-refractivity contribution in [3.8, 4) is 0 Å². The number of aryl methyl sites for hydroxylation is 1. The van der Waals surface area contributed by atoms with E-state index in [0.717, 1.165) is 18.1 Å². The number of hydrogen-bond donors (Lipinski definition) is 3. The highest BCUT2D eigenvalue weighted by molar-refractivity contribution is 5.46. The molecule has 0 fully saturated rings. The maximum Gasteiger partial charge on any atom is 0.126 e. The summed E-state index contributed by atoms with van der Waals surface area (Å²) >= 11 is 0. The van der Waals surface area contributed by atoms with Gasteiger partial charge in [-0.25, -0.2) is 4.98 Å². The minimum Gasteiger partial charge on any atom is -0.366 e. The Morgan fingerprint density at radius 1 is 1.12 bits per heavy atom. The molecule has 17 heavy (non-hydrogen) atoms. The Balaban J connectivity index is 1.95. The van der Waals surface area contributed by atoms with Gasteiger partial charge < -0.3 is 10.7 Å². The number of hydrogen-bond acceptors (Lipinski definition) is 4. The number of nitrogens with two attached hydrogens (primary N) is 1. The fraction of sp³-hybridized carbons (Fsp3) is 0.154. The van der Waals surface area contributed by atoms with Crippen molar-refractivity contribution in [3.63, 3.8) is 0 Å². The predicted molar refractivity (Wildman–Crippen MR) is 70.6 cm³/mol. The minimum absolute atomic E-state index is 0.767. The molecule has 4 N–H and O–H groups in total. The smallest absolute Gasteiger partial charge is 0.126 e. The van der Waals surface area contributed by atoms with E-state index in [1.165, 1.54) is 11.1 Å². The van der Waals surface area contributed by atoms with Crippen molar-refractivity contribution >= 4 is 11.5 Å². The van der Waals surface area contributed by atoms with Gasteiger partial charge in [0.05, 0.1) is 11.9 Å². The molecule has 0 aliphatic heterocycles. The lowest BCUT2D eigenvalue weighted by molar-refractivity contribution is 1.11. The maximum absolute atomic E-state index is 5.27. The van der Waals surface area contributed by atoms with Crippen LogP contribution in [0, 0.1) is 6.92 Å². The molecule has 0 saturated heterocycles. The molecule has 1 aromatic heterocycles. The van der Waals surface area contributed by atoms with Crippen LogP contribution in [0.5, 0.6) is 0 Å². The zero-order chi connectivity index (χ0) is 12.1. The summed E-state index contributed by atoms with van der Waals surface area (Å²) in [7, 11) is 0.